The molecule has 1 aliphatic carbocycles. The van der Waals surface area contributed by atoms with Crippen LogP contribution in [0.25, 0.3) is 0 Å². The number of hydrogen-bond donors (Lipinski definition) is 0. The number of hydrogen-bond acceptors (Lipinski definition) is 3. The second kappa shape index (κ2) is 5.48. The van der Waals surface area contributed by atoms with Crippen molar-refractivity contribution in [3.05, 3.63) is 32.5 Å². The summed E-state index contributed by atoms with van der Waals surface area (Å²) >= 11 is 9.12. The summed E-state index contributed by atoms with van der Waals surface area (Å²) in [4.78, 5) is 10.4. The number of nitro groups is 1. The molecule has 7 heteroatoms. The molecule has 0 spiro atoms. The van der Waals surface area contributed by atoms with Crippen molar-refractivity contribution in [2.24, 2.45) is 5.41 Å². The summed E-state index contributed by atoms with van der Waals surface area (Å²) in [5, 5.41) is 11.0. The normalized spacial score (nSPS) is 28.9. The summed E-state index contributed by atoms with van der Waals surface area (Å²) in [6.45, 7) is 3.96. The lowest BCUT2D eigenvalue weighted by Gasteiger charge is -2.50. The van der Waals surface area contributed by atoms with Crippen molar-refractivity contribution in [2.75, 3.05) is 0 Å². The van der Waals surface area contributed by atoms with Crippen LogP contribution in [0.2, 0.25) is 0 Å². The molecule has 0 bridgehead atoms. The van der Waals surface area contributed by atoms with Gasteiger partial charge in [0.15, 0.2) is 5.75 Å². The van der Waals surface area contributed by atoms with Gasteiger partial charge in [0.2, 0.25) is 0 Å². The first-order valence-corrected chi connectivity index (χ1v) is 7.46. The van der Waals surface area contributed by atoms with Crippen LogP contribution in [0.5, 0.6) is 5.75 Å². The van der Waals surface area contributed by atoms with Crippen LogP contribution in [0.3, 0.4) is 0 Å². The van der Waals surface area contributed by atoms with Crippen LogP contribution >= 0.6 is 27.5 Å². The topological polar surface area (TPSA) is 52.4 Å². The summed E-state index contributed by atoms with van der Waals surface area (Å²) in [5.41, 5.74) is -0.506. The van der Waals surface area contributed by atoms with Gasteiger partial charge in [0.1, 0.15) is 11.9 Å². The number of nitrogens with zero attached hydrogens (tertiary/aromatic N) is 1. The van der Waals surface area contributed by atoms with Gasteiger partial charge in [0, 0.05) is 29.3 Å². The number of ether oxygens (including phenoxy) is 1. The van der Waals surface area contributed by atoms with E-state index in [2.05, 4.69) is 15.9 Å². The third kappa shape index (κ3) is 2.51. The van der Waals surface area contributed by atoms with E-state index in [0.717, 1.165) is 18.6 Å². The molecular formula is C13H14BrClFNO3. The molecule has 20 heavy (non-hydrogen) atoms. The first-order valence-electron chi connectivity index (χ1n) is 6.23. The molecule has 0 aromatic heterocycles. The van der Waals surface area contributed by atoms with E-state index in [4.69, 9.17) is 16.3 Å². The molecule has 1 fully saturated rings. The molecular weight excluding hydrogens is 353 g/mol. The summed E-state index contributed by atoms with van der Waals surface area (Å²) < 4.78 is 19.3. The summed E-state index contributed by atoms with van der Waals surface area (Å²) in [7, 11) is 0. The van der Waals surface area contributed by atoms with Crippen molar-refractivity contribution in [3.63, 3.8) is 0 Å². The second-order valence-corrected chi connectivity index (χ2v) is 6.54. The Hall–Kier alpha value is -0.880. The van der Waals surface area contributed by atoms with Gasteiger partial charge in [-0.05, 0) is 22.4 Å². The monoisotopic (exact) mass is 365 g/mol. The van der Waals surface area contributed by atoms with E-state index in [0.29, 0.717) is 6.42 Å². The van der Waals surface area contributed by atoms with Crippen molar-refractivity contribution < 1.29 is 14.1 Å². The Kier molecular flexibility index (Phi) is 4.25. The maximum Gasteiger partial charge on any atom is 0.312 e. The van der Waals surface area contributed by atoms with E-state index in [1.807, 2.05) is 13.8 Å². The van der Waals surface area contributed by atoms with Gasteiger partial charge >= 0.3 is 5.69 Å². The number of rotatable bonds is 4. The zero-order chi connectivity index (χ0) is 15.1. The predicted molar refractivity (Wildman–Crippen MR) is 77.8 cm³/mol. The molecule has 3 unspecified atom stereocenters. The molecule has 0 N–H and O–H groups in total. The highest BCUT2D eigenvalue weighted by Crippen LogP contribution is 2.50. The Balaban J connectivity index is 2.30. The Morgan fingerprint density at radius 2 is 2.30 bits per heavy atom. The number of halogens is 3. The van der Waals surface area contributed by atoms with Crippen molar-refractivity contribution in [1.82, 2.24) is 0 Å². The molecule has 3 atom stereocenters. The lowest BCUT2D eigenvalue weighted by atomic mass is 9.65. The minimum atomic E-state index is -0.592. The molecule has 1 aliphatic rings. The van der Waals surface area contributed by atoms with Crippen LogP contribution in [-0.4, -0.2) is 16.4 Å². The molecule has 0 aliphatic heterocycles. The van der Waals surface area contributed by atoms with Gasteiger partial charge in [0.05, 0.1) is 9.40 Å². The second-order valence-electron chi connectivity index (χ2n) is 5.16. The fourth-order valence-corrected chi connectivity index (χ4v) is 3.10. The smallest absolute Gasteiger partial charge is 0.312 e. The van der Waals surface area contributed by atoms with Gasteiger partial charge in [-0.3, -0.25) is 10.1 Å². The van der Waals surface area contributed by atoms with Gasteiger partial charge in [-0.15, -0.1) is 11.6 Å². The summed E-state index contributed by atoms with van der Waals surface area (Å²) in [5.74, 6) is -0.644. The maximum absolute atomic E-state index is 13.6. The highest BCUT2D eigenvalue weighted by molar-refractivity contribution is 9.10. The largest absolute Gasteiger partial charge is 0.483 e. The lowest BCUT2D eigenvalue weighted by molar-refractivity contribution is -0.386. The Morgan fingerprint density at radius 1 is 1.65 bits per heavy atom. The first kappa shape index (κ1) is 15.5. The van der Waals surface area contributed by atoms with E-state index in [9.17, 15) is 14.5 Å². The third-order valence-corrected chi connectivity index (χ3v) is 5.39. The van der Waals surface area contributed by atoms with Crippen LogP contribution in [0.1, 0.15) is 26.7 Å². The van der Waals surface area contributed by atoms with E-state index >= 15 is 0 Å². The Morgan fingerprint density at radius 3 is 2.80 bits per heavy atom. The average Bonchev–Trinajstić information content (AvgIpc) is 2.40. The highest BCUT2D eigenvalue weighted by atomic mass is 79.9. The molecule has 0 saturated heterocycles. The Bertz CT molecular complexity index is 557. The van der Waals surface area contributed by atoms with Crippen molar-refractivity contribution in [1.29, 1.82) is 0 Å². The minimum absolute atomic E-state index is 0.0307. The molecule has 1 saturated carbocycles. The maximum atomic E-state index is 13.6. The van der Waals surface area contributed by atoms with Crippen LogP contribution in [0.4, 0.5) is 10.1 Å². The van der Waals surface area contributed by atoms with Gasteiger partial charge in [-0.25, -0.2) is 4.39 Å². The molecule has 4 nitrogen and oxygen atoms in total. The highest BCUT2D eigenvalue weighted by Gasteiger charge is 2.51. The fourth-order valence-electron chi connectivity index (χ4n) is 2.31. The quantitative estimate of drug-likeness (QED) is 0.442. The van der Waals surface area contributed by atoms with E-state index in [1.54, 1.807) is 0 Å². The zero-order valence-corrected chi connectivity index (χ0v) is 13.4. The lowest BCUT2D eigenvalue weighted by Crippen LogP contribution is -2.55. The minimum Gasteiger partial charge on any atom is -0.483 e. The molecule has 0 heterocycles. The van der Waals surface area contributed by atoms with Gasteiger partial charge < -0.3 is 4.74 Å². The van der Waals surface area contributed by atoms with Gasteiger partial charge in [0.25, 0.3) is 0 Å². The zero-order valence-electron chi connectivity index (χ0n) is 11.0. The van der Waals surface area contributed by atoms with Crippen molar-refractivity contribution >= 4 is 33.2 Å². The third-order valence-electron chi connectivity index (χ3n) is 4.10. The van der Waals surface area contributed by atoms with Crippen LogP contribution in [-0.2, 0) is 0 Å². The predicted octanol–water partition coefficient (Wildman–Crippen LogP) is 4.67. The number of alkyl halides is 1. The molecule has 110 valence electrons. The van der Waals surface area contributed by atoms with Gasteiger partial charge in [-0.2, -0.15) is 0 Å². The first-order chi connectivity index (χ1) is 9.29. The van der Waals surface area contributed by atoms with E-state index in [-0.39, 0.29) is 32.8 Å². The van der Waals surface area contributed by atoms with Crippen molar-refractivity contribution in [2.45, 2.75) is 38.2 Å². The molecule has 1 aromatic rings. The van der Waals surface area contributed by atoms with E-state index < -0.39 is 10.7 Å². The summed E-state index contributed by atoms with van der Waals surface area (Å²) in [6.07, 6.45) is 1.15. The van der Waals surface area contributed by atoms with E-state index in [1.165, 1.54) is 0 Å². The number of nitro benzene ring substituents is 1. The average molecular weight is 367 g/mol. The Labute approximate surface area is 129 Å². The van der Waals surface area contributed by atoms with Crippen molar-refractivity contribution in [3.8, 4) is 5.75 Å². The summed E-state index contributed by atoms with van der Waals surface area (Å²) in [6, 6.07) is 2.16. The standard InChI is InChI=1S/C13H14BrClFNO3/c1-3-13(2)11(15)6-12(13)20-10-5-8(16)7(14)4-9(10)17(18)19/h4-5,11-12H,3,6H2,1-2H3. The molecule has 0 amide bonds. The molecule has 0 radical (unpaired) electrons. The van der Waals surface area contributed by atoms with Gasteiger partial charge in [-0.1, -0.05) is 13.8 Å². The molecule has 1 aromatic carbocycles. The SMILES string of the molecule is CCC1(C)C(Cl)CC1Oc1cc(F)c(Br)cc1[N+](=O)[O-]. The fraction of sp³-hybridized carbons (Fsp3) is 0.538. The van der Waals surface area contributed by atoms with Crippen LogP contribution < -0.4 is 4.74 Å². The number of benzene rings is 1. The van der Waals surface area contributed by atoms with Crippen LogP contribution in [0, 0.1) is 21.3 Å². The van der Waals surface area contributed by atoms with Crippen LogP contribution in [0.15, 0.2) is 16.6 Å². The molecule has 2 rings (SSSR count).